The predicted molar refractivity (Wildman–Crippen MR) is 149 cm³/mol. The molecule has 260 valence electrons. The molecule has 46 heavy (non-hydrogen) atoms. The molecule has 0 aliphatic rings. The lowest BCUT2D eigenvalue weighted by atomic mass is 10.1. The van der Waals surface area contributed by atoms with Crippen LogP contribution in [-0.4, -0.2) is 140 Å². The lowest BCUT2D eigenvalue weighted by Crippen LogP contribution is -2.61. The third-order valence-corrected chi connectivity index (χ3v) is 6.01. The zero-order chi connectivity index (χ0) is 35.7. The molecule has 0 aliphatic heterocycles. The van der Waals surface area contributed by atoms with Crippen LogP contribution < -0.4 is 38.1 Å². The molecule has 22 nitrogen and oxygen atoms in total. The Morgan fingerprint density at radius 2 is 1.07 bits per heavy atom. The molecule has 0 spiro atoms. The fourth-order valence-electron chi connectivity index (χ4n) is 3.47. The molecule has 0 fully saturated rings. The highest BCUT2D eigenvalue weighted by Crippen LogP contribution is 2.04. The maximum atomic E-state index is 12.9. The Labute approximate surface area is 260 Å². The summed E-state index contributed by atoms with van der Waals surface area (Å²) in [6.07, 6.45) is -4.51. The first-order chi connectivity index (χ1) is 21.3. The van der Waals surface area contributed by atoms with Crippen molar-refractivity contribution in [1.82, 2.24) is 26.6 Å². The van der Waals surface area contributed by atoms with Crippen LogP contribution in [0.15, 0.2) is 0 Å². The maximum Gasteiger partial charge on any atom is 0.326 e. The summed E-state index contributed by atoms with van der Waals surface area (Å²) in [5.74, 6) is -11.6. The Hall–Kier alpha value is -4.93. The second-order valence-corrected chi connectivity index (χ2v) is 9.82. The van der Waals surface area contributed by atoms with Crippen LogP contribution in [0.5, 0.6) is 0 Å². The fourth-order valence-corrected chi connectivity index (χ4v) is 3.47. The van der Waals surface area contributed by atoms with Crippen LogP contribution in [0.2, 0.25) is 0 Å². The molecule has 0 saturated carbocycles. The molecule has 0 radical (unpaired) electrons. The number of carboxylic acid groups (broad SMARTS) is 3. The minimum atomic E-state index is -2.00. The Balaban J connectivity index is 5.67. The largest absolute Gasteiger partial charge is 0.481 e. The molecule has 0 aliphatic carbocycles. The van der Waals surface area contributed by atoms with Gasteiger partial charge < -0.3 is 68.7 Å². The highest BCUT2D eigenvalue weighted by Gasteiger charge is 2.35. The Kier molecular flexibility index (Phi) is 18.0. The number of rotatable bonds is 22. The number of carbonyl (C=O) groups is 9. The standard InChI is InChI=1S/C24H39N7O15/c1-9(34)18(23(44)27-11(24(45)46)3-4-15(26)35)31-20(41)12(6-17(38)39)28-21(42)14(8-33)30-22(43)13(7-32)29-19(40)10(25)2-5-16(36)37/h9-14,18,32-34H,2-8,25H2,1H3,(H2,26,35)(H,27,44)(H,28,42)(H,29,40)(H,30,43)(H,31,41)(H,36,37)(H,38,39)(H,45,46)/t9-,10+,11+,12+,13+,14+,18+/m1/s1. The number of nitrogens with two attached hydrogens (primary N) is 2. The molecule has 7 atom stereocenters. The molecule has 6 amide bonds. The second kappa shape index (κ2) is 20.2. The van der Waals surface area contributed by atoms with E-state index in [1.807, 2.05) is 26.6 Å². The van der Waals surface area contributed by atoms with E-state index in [-0.39, 0.29) is 6.42 Å². The Bertz CT molecular complexity index is 1150. The van der Waals surface area contributed by atoms with Gasteiger partial charge >= 0.3 is 17.9 Å². The Morgan fingerprint density at radius 1 is 0.609 bits per heavy atom. The summed E-state index contributed by atoms with van der Waals surface area (Å²) in [6, 6.07) is -10.6. The number of amides is 6. The third-order valence-electron chi connectivity index (χ3n) is 6.01. The number of hydrogen-bond acceptors (Lipinski definition) is 13. The van der Waals surface area contributed by atoms with Gasteiger partial charge in [-0.05, 0) is 19.8 Å². The van der Waals surface area contributed by atoms with Gasteiger partial charge in [0.05, 0.1) is 31.8 Å². The van der Waals surface area contributed by atoms with Crippen LogP contribution in [0, 0.1) is 0 Å². The molecule has 0 rings (SSSR count). The quantitative estimate of drug-likeness (QED) is 0.0510. The van der Waals surface area contributed by atoms with Crippen LogP contribution in [0.4, 0.5) is 0 Å². The van der Waals surface area contributed by atoms with Gasteiger partial charge in [-0.2, -0.15) is 0 Å². The average Bonchev–Trinajstić information content (AvgIpc) is 2.96. The van der Waals surface area contributed by atoms with Gasteiger partial charge in [-0.3, -0.25) is 38.4 Å². The van der Waals surface area contributed by atoms with Gasteiger partial charge in [0.1, 0.15) is 30.2 Å². The topological polar surface area (TPSA) is 387 Å². The van der Waals surface area contributed by atoms with E-state index in [1.165, 1.54) is 0 Å². The minimum absolute atomic E-state index is 0.317. The van der Waals surface area contributed by atoms with Gasteiger partial charge in [0.2, 0.25) is 35.4 Å². The summed E-state index contributed by atoms with van der Waals surface area (Å²) in [5.41, 5.74) is 10.5. The molecule has 0 aromatic carbocycles. The van der Waals surface area contributed by atoms with Crippen molar-refractivity contribution in [2.45, 2.75) is 81.4 Å². The number of hydrogen-bond donors (Lipinski definition) is 13. The van der Waals surface area contributed by atoms with Gasteiger partial charge in [0, 0.05) is 12.8 Å². The SMILES string of the molecule is C[C@@H](O)[C@H](NC(=O)[C@H](CC(=O)O)NC(=O)[C@H](CO)NC(=O)[C@H](CO)NC(=O)[C@@H](N)CCC(=O)O)C(=O)N[C@@H](CCC(N)=O)C(=O)O. The molecule has 15 N–H and O–H groups in total. The lowest BCUT2D eigenvalue weighted by Gasteiger charge is -2.26. The van der Waals surface area contributed by atoms with E-state index < -0.39 is 135 Å². The normalized spacial score (nSPS) is 15.3. The van der Waals surface area contributed by atoms with Crippen LogP contribution >= 0.6 is 0 Å². The third kappa shape index (κ3) is 15.2. The van der Waals surface area contributed by atoms with Crippen LogP contribution in [0.3, 0.4) is 0 Å². The number of aliphatic hydroxyl groups is 3. The first-order valence-corrected chi connectivity index (χ1v) is 13.5. The zero-order valence-electron chi connectivity index (χ0n) is 24.5. The average molecular weight is 666 g/mol. The number of carbonyl (C=O) groups excluding carboxylic acids is 6. The highest BCUT2D eigenvalue weighted by molar-refractivity contribution is 5.97. The van der Waals surface area contributed by atoms with E-state index in [2.05, 4.69) is 0 Å². The van der Waals surface area contributed by atoms with Crippen molar-refractivity contribution in [3.05, 3.63) is 0 Å². The first kappa shape index (κ1) is 41.1. The van der Waals surface area contributed by atoms with Crippen molar-refractivity contribution in [2.75, 3.05) is 13.2 Å². The van der Waals surface area contributed by atoms with Crippen molar-refractivity contribution in [1.29, 1.82) is 0 Å². The molecule has 0 heterocycles. The number of aliphatic hydroxyl groups excluding tert-OH is 3. The van der Waals surface area contributed by atoms with E-state index in [0.717, 1.165) is 6.92 Å². The Morgan fingerprint density at radius 3 is 1.48 bits per heavy atom. The van der Waals surface area contributed by atoms with E-state index >= 15 is 0 Å². The number of nitrogens with one attached hydrogen (secondary N) is 5. The zero-order valence-corrected chi connectivity index (χ0v) is 24.5. The maximum absolute atomic E-state index is 12.9. The van der Waals surface area contributed by atoms with E-state index in [9.17, 15) is 68.7 Å². The molecular weight excluding hydrogens is 626 g/mol. The second-order valence-electron chi connectivity index (χ2n) is 9.82. The van der Waals surface area contributed by atoms with Crippen molar-refractivity contribution >= 4 is 53.4 Å². The summed E-state index contributed by atoms with van der Waals surface area (Å²) >= 11 is 0. The van der Waals surface area contributed by atoms with Crippen molar-refractivity contribution in [3.8, 4) is 0 Å². The van der Waals surface area contributed by atoms with Crippen molar-refractivity contribution in [3.63, 3.8) is 0 Å². The summed E-state index contributed by atoms with van der Waals surface area (Å²) < 4.78 is 0. The van der Waals surface area contributed by atoms with E-state index in [4.69, 9.17) is 16.6 Å². The molecule has 0 saturated heterocycles. The summed E-state index contributed by atoms with van der Waals surface area (Å²) in [4.78, 5) is 108. The first-order valence-electron chi connectivity index (χ1n) is 13.5. The highest BCUT2D eigenvalue weighted by atomic mass is 16.4. The van der Waals surface area contributed by atoms with Gasteiger partial charge in [-0.15, -0.1) is 0 Å². The van der Waals surface area contributed by atoms with Gasteiger partial charge in [-0.25, -0.2) is 4.79 Å². The van der Waals surface area contributed by atoms with Crippen LogP contribution in [-0.2, 0) is 43.2 Å². The number of carboxylic acids is 3. The molecule has 22 heteroatoms. The summed E-state index contributed by atoms with van der Waals surface area (Å²) in [6.45, 7) is -1.17. The summed E-state index contributed by atoms with van der Waals surface area (Å²) in [7, 11) is 0. The minimum Gasteiger partial charge on any atom is -0.481 e. The predicted octanol–water partition coefficient (Wildman–Crippen LogP) is -7.21. The monoisotopic (exact) mass is 665 g/mol. The van der Waals surface area contributed by atoms with Crippen LogP contribution in [0.25, 0.3) is 0 Å². The summed E-state index contributed by atoms with van der Waals surface area (Å²) in [5, 5.41) is 66.2. The number of primary amides is 1. The molecular formula is C24H39N7O15. The van der Waals surface area contributed by atoms with Gasteiger partial charge in [0.15, 0.2) is 0 Å². The van der Waals surface area contributed by atoms with E-state index in [0.29, 0.717) is 0 Å². The molecule has 0 unspecified atom stereocenters. The lowest BCUT2D eigenvalue weighted by molar-refractivity contribution is -0.144. The smallest absolute Gasteiger partial charge is 0.326 e. The van der Waals surface area contributed by atoms with Crippen molar-refractivity contribution < 1.29 is 73.8 Å². The number of aliphatic carboxylic acids is 3. The van der Waals surface area contributed by atoms with Crippen LogP contribution in [0.1, 0.15) is 39.0 Å². The van der Waals surface area contributed by atoms with Gasteiger partial charge in [0.25, 0.3) is 0 Å². The van der Waals surface area contributed by atoms with Crippen molar-refractivity contribution in [2.24, 2.45) is 11.5 Å². The fraction of sp³-hybridized carbons (Fsp3) is 0.625. The molecule has 0 bridgehead atoms. The van der Waals surface area contributed by atoms with Gasteiger partial charge in [-0.1, -0.05) is 0 Å². The molecule has 0 aromatic heterocycles. The molecule has 0 aromatic rings. The van der Waals surface area contributed by atoms with E-state index in [1.54, 1.807) is 0 Å².